The number of sulfonamides is 1. The van der Waals surface area contributed by atoms with Gasteiger partial charge >= 0.3 is 0 Å². The first-order chi connectivity index (χ1) is 9.55. The van der Waals surface area contributed by atoms with Crippen molar-refractivity contribution in [3.8, 4) is 5.75 Å². The molecule has 0 aliphatic heterocycles. The van der Waals surface area contributed by atoms with E-state index in [0.29, 0.717) is 31.1 Å². The van der Waals surface area contributed by atoms with E-state index in [2.05, 4.69) is 4.72 Å². The summed E-state index contributed by atoms with van der Waals surface area (Å²) in [5.41, 5.74) is 0.444. The van der Waals surface area contributed by atoms with Crippen LogP contribution in [0.3, 0.4) is 0 Å². The second kappa shape index (κ2) is 8.21. The molecule has 2 N–H and O–H groups in total. The van der Waals surface area contributed by atoms with E-state index >= 15 is 0 Å². The lowest BCUT2D eigenvalue weighted by Gasteiger charge is -2.11. The van der Waals surface area contributed by atoms with Crippen LogP contribution in [0.5, 0.6) is 5.75 Å². The molecule has 0 radical (unpaired) electrons. The van der Waals surface area contributed by atoms with Gasteiger partial charge in [-0.1, -0.05) is 0 Å². The Morgan fingerprint density at radius 1 is 1.25 bits per heavy atom. The number of ether oxygens (including phenoxy) is 2. The van der Waals surface area contributed by atoms with Crippen molar-refractivity contribution in [2.45, 2.75) is 25.3 Å². The van der Waals surface area contributed by atoms with E-state index in [-0.39, 0.29) is 18.0 Å². The van der Waals surface area contributed by atoms with E-state index in [9.17, 15) is 13.5 Å². The lowest BCUT2D eigenvalue weighted by molar-refractivity contribution is 0.153. The molecule has 1 aromatic rings. The van der Waals surface area contributed by atoms with Crippen LogP contribution in [-0.4, -0.2) is 39.9 Å². The number of aliphatic hydroxyl groups is 1. The van der Waals surface area contributed by atoms with Gasteiger partial charge in [0.1, 0.15) is 5.75 Å². The van der Waals surface area contributed by atoms with Crippen molar-refractivity contribution in [3.63, 3.8) is 0 Å². The SMILES string of the molecule is CCOCCNS(=O)(=O)c1ccc(OCC)c(CO)c1. The lowest BCUT2D eigenvalue weighted by atomic mass is 10.2. The number of hydrogen-bond donors (Lipinski definition) is 2. The first-order valence-electron chi connectivity index (χ1n) is 6.49. The van der Waals surface area contributed by atoms with Crippen molar-refractivity contribution < 1.29 is 23.0 Å². The standard InChI is InChI=1S/C13H21NO5S/c1-3-18-8-7-14-20(16,17)12-5-6-13(19-4-2)11(9-12)10-15/h5-6,9,14-15H,3-4,7-8,10H2,1-2H3. The summed E-state index contributed by atoms with van der Waals surface area (Å²) in [4.78, 5) is 0.0986. The summed E-state index contributed by atoms with van der Waals surface area (Å²) in [6.07, 6.45) is 0. The maximum atomic E-state index is 12.0. The average molecular weight is 303 g/mol. The van der Waals surface area contributed by atoms with Crippen LogP contribution in [0, 0.1) is 0 Å². The van der Waals surface area contributed by atoms with Crippen molar-refractivity contribution in [2.24, 2.45) is 0 Å². The fourth-order valence-corrected chi connectivity index (χ4v) is 2.68. The highest BCUT2D eigenvalue weighted by molar-refractivity contribution is 7.89. The molecule has 0 heterocycles. The fourth-order valence-electron chi connectivity index (χ4n) is 1.62. The molecule has 0 amide bonds. The highest BCUT2D eigenvalue weighted by atomic mass is 32.2. The molecule has 1 rings (SSSR count). The molecule has 0 aliphatic carbocycles. The van der Waals surface area contributed by atoms with Crippen LogP contribution in [0.15, 0.2) is 23.1 Å². The topological polar surface area (TPSA) is 84.9 Å². The smallest absolute Gasteiger partial charge is 0.240 e. The third-order valence-corrected chi connectivity index (χ3v) is 4.01. The van der Waals surface area contributed by atoms with Crippen LogP contribution < -0.4 is 9.46 Å². The molecule has 0 atom stereocenters. The van der Waals surface area contributed by atoms with Crippen molar-refractivity contribution >= 4 is 10.0 Å². The van der Waals surface area contributed by atoms with Crippen LogP contribution in [0.2, 0.25) is 0 Å². The van der Waals surface area contributed by atoms with E-state index in [1.807, 2.05) is 13.8 Å². The van der Waals surface area contributed by atoms with Crippen LogP contribution >= 0.6 is 0 Å². The number of benzene rings is 1. The summed E-state index contributed by atoms with van der Waals surface area (Å²) in [5.74, 6) is 0.489. The molecule has 0 aromatic heterocycles. The Balaban J connectivity index is 2.84. The quantitative estimate of drug-likeness (QED) is 0.662. The largest absolute Gasteiger partial charge is 0.494 e. The summed E-state index contributed by atoms with van der Waals surface area (Å²) >= 11 is 0. The number of hydrogen-bond acceptors (Lipinski definition) is 5. The zero-order valence-corrected chi connectivity index (χ0v) is 12.6. The van der Waals surface area contributed by atoms with Crippen LogP contribution in [0.1, 0.15) is 19.4 Å². The van der Waals surface area contributed by atoms with Gasteiger partial charge in [0.2, 0.25) is 10.0 Å². The highest BCUT2D eigenvalue weighted by Crippen LogP contribution is 2.22. The van der Waals surface area contributed by atoms with Gasteiger partial charge < -0.3 is 14.6 Å². The molecule has 0 fully saturated rings. The van der Waals surface area contributed by atoms with E-state index in [4.69, 9.17) is 9.47 Å². The van der Waals surface area contributed by atoms with Crippen molar-refractivity contribution in [2.75, 3.05) is 26.4 Å². The molecule has 0 spiro atoms. The van der Waals surface area contributed by atoms with Crippen molar-refractivity contribution in [1.82, 2.24) is 4.72 Å². The average Bonchev–Trinajstić information content (AvgIpc) is 2.44. The van der Waals surface area contributed by atoms with Gasteiger partial charge in [0.15, 0.2) is 0 Å². The molecular formula is C13H21NO5S. The normalized spacial score (nSPS) is 11.6. The lowest BCUT2D eigenvalue weighted by Crippen LogP contribution is -2.27. The van der Waals surface area contributed by atoms with Crippen molar-refractivity contribution in [3.05, 3.63) is 23.8 Å². The molecule has 0 unspecified atom stereocenters. The number of aliphatic hydroxyl groups excluding tert-OH is 1. The first-order valence-corrected chi connectivity index (χ1v) is 7.97. The molecule has 6 nitrogen and oxygen atoms in total. The van der Waals surface area contributed by atoms with Gasteiger partial charge in [-0.05, 0) is 32.0 Å². The summed E-state index contributed by atoms with van der Waals surface area (Å²) < 4.78 is 36.9. The van der Waals surface area contributed by atoms with E-state index < -0.39 is 10.0 Å². The van der Waals surface area contributed by atoms with Gasteiger partial charge in [-0.3, -0.25) is 0 Å². The van der Waals surface area contributed by atoms with E-state index in [1.165, 1.54) is 12.1 Å². The minimum Gasteiger partial charge on any atom is -0.494 e. The minimum absolute atomic E-state index is 0.0986. The Labute approximate surface area is 119 Å². The summed E-state index contributed by atoms with van der Waals surface area (Å²) in [5, 5.41) is 9.27. The monoisotopic (exact) mass is 303 g/mol. The van der Waals surface area contributed by atoms with Gasteiger partial charge in [0, 0.05) is 18.7 Å². The Bertz CT molecular complexity index is 515. The first kappa shape index (κ1) is 16.9. The van der Waals surface area contributed by atoms with Gasteiger partial charge in [0.05, 0.1) is 24.7 Å². The van der Waals surface area contributed by atoms with Crippen LogP contribution in [-0.2, 0) is 21.4 Å². The molecule has 7 heteroatoms. The number of nitrogens with one attached hydrogen (secondary N) is 1. The van der Waals surface area contributed by atoms with E-state index in [1.54, 1.807) is 6.07 Å². The van der Waals surface area contributed by atoms with Gasteiger partial charge in [-0.2, -0.15) is 0 Å². The molecule has 1 aromatic carbocycles. The maximum absolute atomic E-state index is 12.0. The second-order valence-corrected chi connectivity index (χ2v) is 5.72. The molecule has 0 aliphatic rings. The summed E-state index contributed by atoms with van der Waals surface area (Å²) in [7, 11) is -3.60. The Morgan fingerprint density at radius 3 is 2.60 bits per heavy atom. The second-order valence-electron chi connectivity index (χ2n) is 3.96. The Kier molecular flexibility index (Phi) is 6.94. The third kappa shape index (κ3) is 4.75. The van der Waals surface area contributed by atoms with Gasteiger partial charge in [-0.25, -0.2) is 13.1 Å². The van der Waals surface area contributed by atoms with Crippen LogP contribution in [0.4, 0.5) is 0 Å². The Hall–Kier alpha value is -1.15. The summed E-state index contributed by atoms with van der Waals surface area (Å²) in [6, 6.07) is 4.41. The van der Waals surface area contributed by atoms with E-state index in [0.717, 1.165) is 0 Å². The molecule has 20 heavy (non-hydrogen) atoms. The predicted molar refractivity (Wildman–Crippen MR) is 75.2 cm³/mol. The molecule has 0 bridgehead atoms. The Morgan fingerprint density at radius 2 is 2.00 bits per heavy atom. The van der Waals surface area contributed by atoms with Gasteiger partial charge in [-0.15, -0.1) is 0 Å². The summed E-state index contributed by atoms with van der Waals surface area (Å²) in [6.45, 7) is 4.90. The minimum atomic E-state index is -3.60. The number of rotatable bonds is 9. The molecule has 0 saturated carbocycles. The molecule has 0 saturated heterocycles. The predicted octanol–water partition coefficient (Wildman–Crippen LogP) is 0.892. The molecular weight excluding hydrogens is 282 g/mol. The molecule has 114 valence electrons. The maximum Gasteiger partial charge on any atom is 0.240 e. The third-order valence-electron chi connectivity index (χ3n) is 2.56. The zero-order chi connectivity index (χ0) is 15.0. The zero-order valence-electron chi connectivity index (χ0n) is 11.8. The van der Waals surface area contributed by atoms with Crippen LogP contribution in [0.25, 0.3) is 0 Å². The van der Waals surface area contributed by atoms with Crippen molar-refractivity contribution in [1.29, 1.82) is 0 Å². The van der Waals surface area contributed by atoms with Gasteiger partial charge in [0.25, 0.3) is 0 Å². The fraction of sp³-hybridized carbons (Fsp3) is 0.538. The highest BCUT2D eigenvalue weighted by Gasteiger charge is 2.15.